The number of rotatable bonds is 5. The van der Waals surface area contributed by atoms with E-state index in [0.29, 0.717) is 17.5 Å². The Kier molecular flexibility index (Phi) is 5.08. The van der Waals surface area contributed by atoms with Crippen LogP contribution < -0.4 is 10.2 Å². The van der Waals surface area contributed by atoms with Crippen LogP contribution in [-0.4, -0.2) is 30.0 Å². The minimum atomic E-state index is 0.283. The standard InChI is InChI=1S/C17H22ClN3O2/c1-12-8-15(20-23-12)10-19-16-9-14(18)2-3-17(16)21-6-4-13(11-22)5-7-21/h2-3,8-9,13,19,22H,4-7,10-11H2,1H3. The van der Waals surface area contributed by atoms with E-state index in [0.717, 1.165) is 48.8 Å². The van der Waals surface area contributed by atoms with Crippen LogP contribution in [0.3, 0.4) is 0 Å². The predicted molar refractivity (Wildman–Crippen MR) is 92.0 cm³/mol. The van der Waals surface area contributed by atoms with E-state index in [1.54, 1.807) is 0 Å². The zero-order valence-electron chi connectivity index (χ0n) is 13.3. The summed E-state index contributed by atoms with van der Waals surface area (Å²) >= 11 is 6.16. The maximum Gasteiger partial charge on any atom is 0.133 e. The molecule has 1 saturated heterocycles. The first-order chi connectivity index (χ1) is 11.2. The van der Waals surface area contributed by atoms with Gasteiger partial charge in [-0.3, -0.25) is 0 Å². The third-order valence-electron chi connectivity index (χ3n) is 4.31. The van der Waals surface area contributed by atoms with E-state index in [4.69, 9.17) is 16.1 Å². The molecule has 0 aliphatic carbocycles. The molecule has 0 amide bonds. The van der Waals surface area contributed by atoms with Gasteiger partial charge in [0.05, 0.1) is 17.9 Å². The summed E-state index contributed by atoms with van der Waals surface area (Å²) < 4.78 is 5.10. The average Bonchev–Trinajstić information content (AvgIpc) is 2.99. The van der Waals surface area contributed by atoms with Gasteiger partial charge in [-0.25, -0.2) is 0 Å². The molecule has 5 nitrogen and oxygen atoms in total. The third kappa shape index (κ3) is 3.98. The van der Waals surface area contributed by atoms with E-state index in [2.05, 4.69) is 21.4 Å². The lowest BCUT2D eigenvalue weighted by atomic mass is 9.97. The molecule has 3 rings (SSSR count). The Morgan fingerprint density at radius 1 is 1.35 bits per heavy atom. The molecule has 1 aliphatic rings. The molecule has 1 aromatic carbocycles. The second-order valence-electron chi connectivity index (χ2n) is 6.06. The highest BCUT2D eigenvalue weighted by Gasteiger charge is 2.20. The molecule has 0 spiro atoms. The molecule has 1 fully saturated rings. The monoisotopic (exact) mass is 335 g/mol. The van der Waals surface area contributed by atoms with Gasteiger partial charge in [0.1, 0.15) is 11.5 Å². The minimum absolute atomic E-state index is 0.283. The Bertz CT molecular complexity index is 651. The molecule has 23 heavy (non-hydrogen) atoms. The molecule has 0 atom stereocenters. The van der Waals surface area contributed by atoms with Crippen LogP contribution in [0.5, 0.6) is 0 Å². The number of anilines is 2. The van der Waals surface area contributed by atoms with Gasteiger partial charge in [0.2, 0.25) is 0 Å². The number of aryl methyl sites for hydroxylation is 1. The zero-order valence-corrected chi connectivity index (χ0v) is 14.0. The van der Waals surface area contributed by atoms with Crippen LogP contribution in [0.1, 0.15) is 24.3 Å². The highest BCUT2D eigenvalue weighted by atomic mass is 35.5. The number of nitrogens with one attached hydrogen (secondary N) is 1. The number of nitrogens with zero attached hydrogens (tertiary/aromatic N) is 2. The van der Waals surface area contributed by atoms with Crippen molar-refractivity contribution in [2.45, 2.75) is 26.3 Å². The first-order valence-electron chi connectivity index (χ1n) is 7.97. The largest absolute Gasteiger partial charge is 0.396 e. The summed E-state index contributed by atoms with van der Waals surface area (Å²) in [5.41, 5.74) is 3.01. The maximum atomic E-state index is 9.29. The Morgan fingerprint density at radius 2 is 2.13 bits per heavy atom. The van der Waals surface area contributed by atoms with Crippen LogP contribution in [-0.2, 0) is 6.54 Å². The summed E-state index contributed by atoms with van der Waals surface area (Å²) in [5.74, 6) is 1.23. The van der Waals surface area contributed by atoms with Crippen LogP contribution in [0, 0.1) is 12.8 Å². The number of hydrogen-bond acceptors (Lipinski definition) is 5. The first kappa shape index (κ1) is 16.1. The summed E-state index contributed by atoms with van der Waals surface area (Å²) in [6.07, 6.45) is 2.03. The fourth-order valence-corrected chi connectivity index (χ4v) is 3.14. The number of aromatic nitrogens is 1. The summed E-state index contributed by atoms with van der Waals surface area (Å²) in [7, 11) is 0. The molecular weight excluding hydrogens is 314 g/mol. The molecular formula is C17H22ClN3O2. The van der Waals surface area contributed by atoms with E-state index < -0.39 is 0 Å². The number of piperidine rings is 1. The van der Waals surface area contributed by atoms with Crippen molar-refractivity contribution in [1.29, 1.82) is 0 Å². The van der Waals surface area contributed by atoms with Gasteiger partial charge in [-0.1, -0.05) is 16.8 Å². The van der Waals surface area contributed by atoms with E-state index in [9.17, 15) is 5.11 Å². The average molecular weight is 336 g/mol. The number of hydrogen-bond donors (Lipinski definition) is 2. The van der Waals surface area contributed by atoms with Crippen molar-refractivity contribution < 1.29 is 9.63 Å². The van der Waals surface area contributed by atoms with E-state index in [1.807, 2.05) is 25.1 Å². The topological polar surface area (TPSA) is 61.5 Å². The lowest BCUT2D eigenvalue weighted by Gasteiger charge is -2.34. The van der Waals surface area contributed by atoms with Gasteiger partial charge >= 0.3 is 0 Å². The normalized spacial score (nSPS) is 15.9. The highest BCUT2D eigenvalue weighted by Crippen LogP contribution is 2.32. The molecule has 0 unspecified atom stereocenters. The molecule has 0 radical (unpaired) electrons. The molecule has 6 heteroatoms. The SMILES string of the molecule is Cc1cc(CNc2cc(Cl)ccc2N2CCC(CO)CC2)no1. The summed E-state index contributed by atoms with van der Waals surface area (Å²) in [6.45, 7) is 4.66. The Balaban J connectivity index is 1.72. The number of halogens is 1. The quantitative estimate of drug-likeness (QED) is 0.876. The van der Waals surface area contributed by atoms with Gasteiger partial charge in [0.15, 0.2) is 0 Å². The van der Waals surface area contributed by atoms with E-state index in [-0.39, 0.29) is 6.61 Å². The van der Waals surface area contributed by atoms with Gasteiger partial charge in [-0.15, -0.1) is 0 Å². The van der Waals surface area contributed by atoms with Crippen LogP contribution in [0.2, 0.25) is 5.02 Å². The fourth-order valence-electron chi connectivity index (χ4n) is 2.97. The van der Waals surface area contributed by atoms with Crippen molar-refractivity contribution in [3.8, 4) is 0 Å². The highest BCUT2D eigenvalue weighted by molar-refractivity contribution is 6.31. The summed E-state index contributed by atoms with van der Waals surface area (Å²) in [5, 5.41) is 17.4. The maximum absolute atomic E-state index is 9.29. The smallest absolute Gasteiger partial charge is 0.133 e. The van der Waals surface area contributed by atoms with Crippen molar-refractivity contribution >= 4 is 23.0 Å². The molecule has 2 N–H and O–H groups in total. The van der Waals surface area contributed by atoms with E-state index in [1.165, 1.54) is 0 Å². The zero-order chi connectivity index (χ0) is 16.2. The Hall–Kier alpha value is -1.72. The van der Waals surface area contributed by atoms with Crippen molar-refractivity contribution in [1.82, 2.24) is 5.16 Å². The van der Waals surface area contributed by atoms with Crippen molar-refractivity contribution in [2.24, 2.45) is 5.92 Å². The lowest BCUT2D eigenvalue weighted by Crippen LogP contribution is -2.35. The Morgan fingerprint density at radius 3 is 2.78 bits per heavy atom. The van der Waals surface area contributed by atoms with Crippen LogP contribution >= 0.6 is 11.6 Å². The van der Waals surface area contributed by atoms with Crippen LogP contribution in [0.4, 0.5) is 11.4 Å². The Labute approximate surface area is 141 Å². The number of aliphatic hydroxyl groups is 1. The molecule has 1 aliphatic heterocycles. The molecule has 1 aromatic heterocycles. The number of benzene rings is 1. The summed E-state index contributed by atoms with van der Waals surface area (Å²) in [6, 6.07) is 7.84. The second kappa shape index (κ2) is 7.23. The second-order valence-corrected chi connectivity index (χ2v) is 6.49. The third-order valence-corrected chi connectivity index (χ3v) is 4.54. The van der Waals surface area contributed by atoms with Gasteiger partial charge in [-0.2, -0.15) is 0 Å². The molecule has 124 valence electrons. The van der Waals surface area contributed by atoms with Crippen LogP contribution in [0.15, 0.2) is 28.8 Å². The van der Waals surface area contributed by atoms with Crippen molar-refractivity contribution in [2.75, 3.05) is 29.9 Å². The predicted octanol–water partition coefficient (Wildman–Crippen LogP) is 3.46. The fraction of sp³-hybridized carbons (Fsp3) is 0.471. The first-order valence-corrected chi connectivity index (χ1v) is 8.35. The van der Waals surface area contributed by atoms with Crippen molar-refractivity contribution in [3.63, 3.8) is 0 Å². The van der Waals surface area contributed by atoms with Crippen LogP contribution in [0.25, 0.3) is 0 Å². The lowest BCUT2D eigenvalue weighted by molar-refractivity contribution is 0.203. The number of aliphatic hydroxyl groups excluding tert-OH is 1. The van der Waals surface area contributed by atoms with Crippen molar-refractivity contribution in [3.05, 3.63) is 40.7 Å². The van der Waals surface area contributed by atoms with Gasteiger partial charge in [0.25, 0.3) is 0 Å². The van der Waals surface area contributed by atoms with E-state index >= 15 is 0 Å². The molecule has 2 aromatic rings. The van der Waals surface area contributed by atoms with Gasteiger partial charge in [0, 0.05) is 30.8 Å². The summed E-state index contributed by atoms with van der Waals surface area (Å²) in [4.78, 5) is 2.35. The minimum Gasteiger partial charge on any atom is -0.396 e. The molecule has 0 saturated carbocycles. The van der Waals surface area contributed by atoms with Gasteiger partial charge < -0.3 is 19.8 Å². The molecule has 0 bridgehead atoms. The molecule has 2 heterocycles. The van der Waals surface area contributed by atoms with Gasteiger partial charge in [-0.05, 0) is 43.9 Å².